The molecule has 2 rings (SSSR count). The summed E-state index contributed by atoms with van der Waals surface area (Å²) in [5.41, 5.74) is 2.85. The predicted molar refractivity (Wildman–Crippen MR) is 115 cm³/mol. The highest BCUT2D eigenvalue weighted by Gasteiger charge is 2.19. The Morgan fingerprint density at radius 3 is 2.33 bits per heavy atom. The van der Waals surface area contributed by atoms with Crippen LogP contribution in [0, 0.1) is 6.92 Å². The molecule has 0 bridgehead atoms. The predicted octanol–water partition coefficient (Wildman–Crippen LogP) is 2.95. The van der Waals surface area contributed by atoms with Crippen LogP contribution in [0.25, 0.3) is 0 Å². The summed E-state index contributed by atoms with van der Waals surface area (Å²) < 4.78 is 16.1. The topological polar surface area (TPSA) is 85.9 Å². The lowest BCUT2D eigenvalue weighted by molar-refractivity contribution is -0.139. The number of rotatable bonds is 9. The Bertz CT molecular complexity index is 882. The molecule has 1 unspecified atom stereocenters. The van der Waals surface area contributed by atoms with Crippen molar-refractivity contribution >= 4 is 11.8 Å². The lowest BCUT2D eigenvalue weighted by Gasteiger charge is -2.18. The number of methoxy groups -OCH3 is 2. The van der Waals surface area contributed by atoms with E-state index in [0.29, 0.717) is 36.8 Å². The number of carbonyl (C=O) groups excluding carboxylic acids is 2. The molecule has 0 aliphatic rings. The molecule has 162 valence electrons. The quantitative estimate of drug-likeness (QED) is 0.616. The van der Waals surface area contributed by atoms with Crippen LogP contribution in [0.2, 0.25) is 0 Å². The van der Waals surface area contributed by atoms with E-state index in [1.165, 1.54) is 0 Å². The van der Waals surface area contributed by atoms with Crippen molar-refractivity contribution in [2.75, 3.05) is 27.4 Å². The first-order valence-corrected chi connectivity index (χ1v) is 9.92. The lowest BCUT2D eigenvalue weighted by Crippen LogP contribution is -2.41. The summed E-state index contributed by atoms with van der Waals surface area (Å²) in [5, 5.41) is 5.39. The maximum Gasteiger partial charge on any atom is 0.309 e. The Labute approximate surface area is 177 Å². The summed E-state index contributed by atoms with van der Waals surface area (Å²) in [6.45, 7) is 6.54. The second-order valence-corrected chi connectivity index (χ2v) is 6.86. The second-order valence-electron chi connectivity index (χ2n) is 6.86. The van der Waals surface area contributed by atoms with Crippen LogP contribution < -0.4 is 24.8 Å². The summed E-state index contributed by atoms with van der Waals surface area (Å²) in [5.74, 6) is 0.605. The van der Waals surface area contributed by atoms with E-state index in [-0.39, 0.29) is 6.04 Å². The van der Waals surface area contributed by atoms with E-state index >= 15 is 0 Å². The van der Waals surface area contributed by atoms with Crippen LogP contribution in [0.5, 0.6) is 17.2 Å². The zero-order valence-corrected chi connectivity index (χ0v) is 18.2. The molecule has 0 aliphatic heterocycles. The average molecular weight is 415 g/mol. The summed E-state index contributed by atoms with van der Waals surface area (Å²) in [7, 11) is 3.14. The van der Waals surface area contributed by atoms with Gasteiger partial charge in [-0.25, -0.2) is 0 Å². The molecule has 0 fully saturated rings. The molecule has 0 spiro atoms. The smallest absolute Gasteiger partial charge is 0.309 e. The van der Waals surface area contributed by atoms with Crippen molar-refractivity contribution < 1.29 is 23.8 Å². The van der Waals surface area contributed by atoms with E-state index < -0.39 is 11.8 Å². The maximum absolute atomic E-state index is 12.3. The number of aryl methyl sites for hydroxylation is 1. The zero-order chi connectivity index (χ0) is 22.1. The highest BCUT2D eigenvalue weighted by atomic mass is 16.5. The Balaban J connectivity index is 1.91. The first-order chi connectivity index (χ1) is 14.4. The van der Waals surface area contributed by atoms with Crippen LogP contribution >= 0.6 is 0 Å². The van der Waals surface area contributed by atoms with Crippen LogP contribution in [0.15, 0.2) is 36.4 Å². The Morgan fingerprint density at radius 2 is 1.67 bits per heavy atom. The molecule has 0 radical (unpaired) electrons. The van der Waals surface area contributed by atoms with E-state index in [2.05, 4.69) is 10.6 Å². The highest BCUT2D eigenvalue weighted by molar-refractivity contribution is 6.35. The van der Waals surface area contributed by atoms with E-state index in [1.807, 2.05) is 57.2 Å². The van der Waals surface area contributed by atoms with Gasteiger partial charge in [0.25, 0.3) is 0 Å². The number of hydrogen-bond donors (Lipinski definition) is 2. The molecule has 0 aliphatic carbocycles. The number of ether oxygens (including phenoxy) is 3. The summed E-state index contributed by atoms with van der Waals surface area (Å²) >= 11 is 0. The average Bonchev–Trinajstić information content (AvgIpc) is 2.74. The molecular weight excluding hydrogens is 384 g/mol. The zero-order valence-electron chi connectivity index (χ0n) is 18.2. The normalized spacial score (nSPS) is 11.4. The van der Waals surface area contributed by atoms with Gasteiger partial charge in [0.05, 0.1) is 26.9 Å². The molecule has 0 saturated heterocycles. The van der Waals surface area contributed by atoms with Crippen molar-refractivity contribution in [3.63, 3.8) is 0 Å². The summed E-state index contributed by atoms with van der Waals surface area (Å²) in [6.07, 6.45) is 0.557. The first-order valence-electron chi connectivity index (χ1n) is 9.92. The van der Waals surface area contributed by atoms with Gasteiger partial charge in [0.1, 0.15) is 5.75 Å². The van der Waals surface area contributed by atoms with Crippen LogP contribution in [0.4, 0.5) is 0 Å². The molecule has 7 nitrogen and oxygen atoms in total. The van der Waals surface area contributed by atoms with Crippen molar-refractivity contribution in [1.82, 2.24) is 10.6 Å². The van der Waals surface area contributed by atoms with Gasteiger partial charge in [-0.15, -0.1) is 0 Å². The van der Waals surface area contributed by atoms with Gasteiger partial charge < -0.3 is 24.8 Å². The van der Waals surface area contributed by atoms with Gasteiger partial charge in [0, 0.05) is 12.1 Å². The van der Waals surface area contributed by atoms with E-state index in [4.69, 9.17) is 14.2 Å². The van der Waals surface area contributed by atoms with Crippen LogP contribution in [-0.4, -0.2) is 39.2 Å². The van der Waals surface area contributed by atoms with Gasteiger partial charge in [-0.3, -0.25) is 9.59 Å². The molecule has 2 aromatic rings. The van der Waals surface area contributed by atoms with Crippen molar-refractivity contribution in [1.29, 1.82) is 0 Å². The van der Waals surface area contributed by atoms with Crippen molar-refractivity contribution in [3.05, 3.63) is 53.1 Å². The minimum absolute atomic E-state index is 0.324. The maximum atomic E-state index is 12.3. The molecule has 30 heavy (non-hydrogen) atoms. The van der Waals surface area contributed by atoms with Gasteiger partial charge in [0.15, 0.2) is 11.5 Å². The van der Waals surface area contributed by atoms with E-state index in [1.54, 1.807) is 14.2 Å². The molecule has 1 atom stereocenters. The summed E-state index contributed by atoms with van der Waals surface area (Å²) in [6, 6.07) is 11.0. The molecule has 0 saturated carbocycles. The fraction of sp³-hybridized carbons (Fsp3) is 0.391. The Kier molecular flexibility index (Phi) is 8.53. The fourth-order valence-electron chi connectivity index (χ4n) is 3.07. The molecule has 2 amide bonds. The molecule has 2 aromatic carbocycles. The van der Waals surface area contributed by atoms with Crippen LogP contribution in [-0.2, 0) is 16.0 Å². The Hall–Kier alpha value is -3.22. The number of hydrogen-bond acceptors (Lipinski definition) is 5. The third kappa shape index (κ3) is 6.14. The van der Waals surface area contributed by atoms with E-state index in [9.17, 15) is 9.59 Å². The minimum Gasteiger partial charge on any atom is -0.494 e. The summed E-state index contributed by atoms with van der Waals surface area (Å²) in [4.78, 5) is 24.5. The van der Waals surface area contributed by atoms with Crippen molar-refractivity contribution in [3.8, 4) is 17.2 Å². The van der Waals surface area contributed by atoms with Gasteiger partial charge in [-0.05, 0) is 51.0 Å². The molecule has 0 heterocycles. The SMILES string of the molecule is CCOc1ccc(C)cc1C(C)NC(=O)C(=O)NCCc1ccc(OC)c(OC)c1. The molecule has 0 aromatic heterocycles. The monoisotopic (exact) mass is 414 g/mol. The standard InChI is InChI=1S/C23H30N2O5/c1-6-30-19-9-7-15(2)13-18(19)16(3)25-23(27)22(26)24-12-11-17-8-10-20(28-4)21(14-17)29-5/h7-10,13-14,16H,6,11-12H2,1-5H3,(H,24,26)(H,25,27). The third-order valence-electron chi connectivity index (χ3n) is 4.63. The van der Waals surface area contributed by atoms with Gasteiger partial charge >= 0.3 is 11.8 Å². The van der Waals surface area contributed by atoms with Gasteiger partial charge in [-0.2, -0.15) is 0 Å². The molecule has 2 N–H and O–H groups in total. The number of benzene rings is 2. The number of amides is 2. The third-order valence-corrected chi connectivity index (χ3v) is 4.63. The van der Waals surface area contributed by atoms with Crippen molar-refractivity contribution in [2.24, 2.45) is 0 Å². The fourth-order valence-corrected chi connectivity index (χ4v) is 3.07. The van der Waals surface area contributed by atoms with Gasteiger partial charge in [0.2, 0.25) is 0 Å². The highest BCUT2D eigenvalue weighted by Crippen LogP contribution is 2.28. The van der Waals surface area contributed by atoms with E-state index in [0.717, 1.165) is 16.7 Å². The largest absolute Gasteiger partial charge is 0.494 e. The lowest BCUT2D eigenvalue weighted by atomic mass is 10.0. The van der Waals surface area contributed by atoms with Crippen molar-refractivity contribution in [2.45, 2.75) is 33.2 Å². The first kappa shape index (κ1) is 23.1. The molecular formula is C23H30N2O5. The number of nitrogens with one attached hydrogen (secondary N) is 2. The van der Waals surface area contributed by atoms with Gasteiger partial charge in [-0.1, -0.05) is 23.8 Å². The number of carbonyl (C=O) groups is 2. The molecule has 7 heteroatoms. The second kappa shape index (κ2) is 11.1. The Morgan fingerprint density at radius 1 is 0.967 bits per heavy atom. The van der Waals surface area contributed by atoms with Crippen LogP contribution in [0.3, 0.4) is 0 Å². The minimum atomic E-state index is -0.682. The van der Waals surface area contributed by atoms with Crippen LogP contribution in [0.1, 0.15) is 36.6 Å².